The Morgan fingerprint density at radius 1 is 1.00 bits per heavy atom. The average molecular weight is 427 g/mol. The molecule has 29 heavy (non-hydrogen) atoms. The molecular formula is C22H13ClF2N2OS. The molecule has 0 radical (unpaired) electrons. The van der Waals surface area contributed by atoms with Gasteiger partial charge in [-0.25, -0.2) is 13.8 Å². The van der Waals surface area contributed by atoms with Gasteiger partial charge in [-0.2, -0.15) is 0 Å². The van der Waals surface area contributed by atoms with E-state index in [1.165, 1.54) is 11.3 Å². The van der Waals surface area contributed by atoms with Crippen molar-refractivity contribution in [3.8, 4) is 21.7 Å². The molecule has 0 spiro atoms. The van der Waals surface area contributed by atoms with Gasteiger partial charge in [-0.05, 0) is 23.3 Å². The second kappa shape index (κ2) is 8.19. The third-order valence-electron chi connectivity index (χ3n) is 4.41. The Morgan fingerprint density at radius 3 is 2.34 bits per heavy atom. The highest BCUT2D eigenvalue weighted by atomic mass is 35.5. The van der Waals surface area contributed by atoms with Gasteiger partial charge in [-0.1, -0.05) is 41.9 Å². The third kappa shape index (κ3) is 4.09. The molecule has 0 saturated heterocycles. The van der Waals surface area contributed by atoms with E-state index in [9.17, 15) is 13.6 Å². The van der Waals surface area contributed by atoms with E-state index in [1.807, 2.05) is 35.7 Å². The van der Waals surface area contributed by atoms with Crippen molar-refractivity contribution in [2.45, 2.75) is 6.42 Å². The fourth-order valence-electron chi connectivity index (χ4n) is 3.00. The molecule has 0 fully saturated rings. The van der Waals surface area contributed by atoms with Gasteiger partial charge in [0.15, 0.2) is 17.4 Å². The maximum Gasteiger partial charge on any atom is 0.173 e. The first kappa shape index (κ1) is 19.4. The Kier molecular flexibility index (Phi) is 5.47. The average Bonchev–Trinajstić information content (AvgIpc) is 3.24. The summed E-state index contributed by atoms with van der Waals surface area (Å²) >= 11 is 7.91. The number of carbonyl (C=O) groups excluding carboxylic acids is 1. The first-order valence-corrected chi connectivity index (χ1v) is 9.89. The van der Waals surface area contributed by atoms with E-state index in [0.29, 0.717) is 10.6 Å². The highest BCUT2D eigenvalue weighted by Gasteiger charge is 2.18. The maximum absolute atomic E-state index is 13.7. The molecule has 0 N–H and O–H groups in total. The Morgan fingerprint density at radius 2 is 1.69 bits per heavy atom. The molecule has 4 rings (SSSR count). The van der Waals surface area contributed by atoms with E-state index in [0.717, 1.165) is 34.1 Å². The number of carbonyl (C=O) groups is 1. The zero-order chi connectivity index (χ0) is 20.4. The van der Waals surface area contributed by atoms with E-state index in [4.69, 9.17) is 11.6 Å². The van der Waals surface area contributed by atoms with E-state index >= 15 is 0 Å². The van der Waals surface area contributed by atoms with Gasteiger partial charge >= 0.3 is 0 Å². The molecule has 2 heterocycles. The standard InChI is InChI=1S/C22H13ClF2N2OS/c23-17-6-5-15(22-27-7-8-29-22)10-16(17)14-3-1-13(2-4-14)9-20(28)21-18(24)11-26-12-19(21)25/h1-8,10-12H,9H2. The van der Waals surface area contributed by atoms with E-state index in [1.54, 1.807) is 18.3 Å². The molecular weight excluding hydrogens is 414 g/mol. The number of pyridine rings is 1. The quantitative estimate of drug-likeness (QED) is 0.355. The lowest BCUT2D eigenvalue weighted by Crippen LogP contribution is -2.09. The highest BCUT2D eigenvalue weighted by molar-refractivity contribution is 7.13. The predicted molar refractivity (Wildman–Crippen MR) is 110 cm³/mol. The molecule has 0 aliphatic carbocycles. The number of ketones is 1. The molecule has 0 saturated carbocycles. The summed E-state index contributed by atoms with van der Waals surface area (Å²) in [5.74, 6) is -2.56. The van der Waals surface area contributed by atoms with Crippen LogP contribution in [0, 0.1) is 11.6 Å². The smallest absolute Gasteiger partial charge is 0.173 e. The fourth-order valence-corrected chi connectivity index (χ4v) is 3.86. The summed E-state index contributed by atoms with van der Waals surface area (Å²) in [4.78, 5) is 20.0. The number of rotatable bonds is 5. The summed E-state index contributed by atoms with van der Waals surface area (Å²) in [6.45, 7) is 0. The summed E-state index contributed by atoms with van der Waals surface area (Å²) < 4.78 is 27.5. The number of halogens is 3. The number of hydrogen-bond acceptors (Lipinski definition) is 4. The minimum absolute atomic E-state index is 0.120. The molecule has 0 aliphatic heterocycles. The molecule has 0 amide bonds. The van der Waals surface area contributed by atoms with E-state index in [2.05, 4.69) is 9.97 Å². The minimum atomic E-state index is -0.961. The van der Waals surface area contributed by atoms with Crippen molar-refractivity contribution in [2.75, 3.05) is 0 Å². The van der Waals surface area contributed by atoms with Crippen molar-refractivity contribution in [2.24, 2.45) is 0 Å². The van der Waals surface area contributed by atoms with Crippen molar-refractivity contribution in [1.29, 1.82) is 0 Å². The summed E-state index contributed by atoms with van der Waals surface area (Å²) in [5.41, 5.74) is 2.74. The zero-order valence-corrected chi connectivity index (χ0v) is 16.5. The zero-order valence-electron chi connectivity index (χ0n) is 14.9. The van der Waals surface area contributed by atoms with Crippen LogP contribution in [0.1, 0.15) is 15.9 Å². The number of Topliss-reactive ketones (excluding diaryl/α,β-unsaturated/α-hetero) is 1. The van der Waals surface area contributed by atoms with Crippen LogP contribution in [0.15, 0.2) is 66.4 Å². The predicted octanol–water partition coefficient (Wildman–Crippen LogP) is 6.23. The third-order valence-corrected chi connectivity index (χ3v) is 5.56. The van der Waals surface area contributed by atoms with Crippen LogP contribution >= 0.6 is 22.9 Å². The Bertz CT molecular complexity index is 1160. The SMILES string of the molecule is O=C(Cc1ccc(-c2cc(-c3nccs3)ccc2Cl)cc1)c1c(F)cncc1F. The van der Waals surface area contributed by atoms with Crippen molar-refractivity contribution >= 4 is 28.7 Å². The van der Waals surface area contributed by atoms with E-state index < -0.39 is 23.0 Å². The molecule has 2 aromatic carbocycles. The lowest BCUT2D eigenvalue weighted by Gasteiger charge is -2.09. The molecule has 3 nitrogen and oxygen atoms in total. The Hall–Kier alpha value is -2.96. The van der Waals surface area contributed by atoms with Crippen molar-refractivity contribution < 1.29 is 13.6 Å². The number of hydrogen-bond donors (Lipinski definition) is 0. The highest BCUT2D eigenvalue weighted by Crippen LogP contribution is 2.33. The number of aromatic nitrogens is 2. The maximum atomic E-state index is 13.7. The van der Waals surface area contributed by atoms with Gasteiger partial charge in [-0.3, -0.25) is 9.78 Å². The van der Waals surface area contributed by atoms with Gasteiger partial charge in [0.05, 0.1) is 18.0 Å². The Labute approximate surface area is 174 Å². The fraction of sp³-hybridized carbons (Fsp3) is 0.0455. The van der Waals surface area contributed by atoms with Crippen molar-refractivity contribution in [1.82, 2.24) is 9.97 Å². The molecule has 0 atom stereocenters. The van der Waals surface area contributed by atoms with Crippen LogP contribution in [0.2, 0.25) is 5.02 Å². The molecule has 2 aromatic heterocycles. The second-order valence-corrected chi connectivity index (χ2v) is 7.61. The summed E-state index contributed by atoms with van der Waals surface area (Å²) in [7, 11) is 0. The first-order chi connectivity index (χ1) is 14.0. The topological polar surface area (TPSA) is 42.9 Å². The van der Waals surface area contributed by atoms with Crippen LogP contribution in [0.5, 0.6) is 0 Å². The second-order valence-electron chi connectivity index (χ2n) is 6.31. The lowest BCUT2D eigenvalue weighted by atomic mass is 9.98. The molecule has 0 bridgehead atoms. The van der Waals surface area contributed by atoms with Gasteiger partial charge in [0.2, 0.25) is 0 Å². The normalized spacial score (nSPS) is 10.9. The van der Waals surface area contributed by atoms with Gasteiger partial charge in [0.25, 0.3) is 0 Å². The first-order valence-electron chi connectivity index (χ1n) is 8.64. The van der Waals surface area contributed by atoms with Gasteiger partial charge in [0.1, 0.15) is 5.01 Å². The van der Waals surface area contributed by atoms with Crippen molar-refractivity contribution in [3.63, 3.8) is 0 Å². The van der Waals surface area contributed by atoms with Crippen LogP contribution in [0.4, 0.5) is 8.78 Å². The van der Waals surface area contributed by atoms with Gasteiger partial charge in [0, 0.05) is 34.1 Å². The van der Waals surface area contributed by atoms with Gasteiger partial charge in [-0.15, -0.1) is 11.3 Å². The summed E-state index contributed by atoms with van der Waals surface area (Å²) in [6, 6.07) is 12.8. The van der Waals surface area contributed by atoms with Crippen LogP contribution in [-0.2, 0) is 6.42 Å². The largest absolute Gasteiger partial charge is 0.294 e. The number of nitrogens with zero attached hydrogens (tertiary/aromatic N) is 2. The lowest BCUT2D eigenvalue weighted by molar-refractivity contribution is 0.0984. The summed E-state index contributed by atoms with van der Waals surface area (Å²) in [6.07, 6.45) is 3.28. The van der Waals surface area contributed by atoms with Crippen LogP contribution < -0.4 is 0 Å². The van der Waals surface area contributed by atoms with E-state index in [-0.39, 0.29) is 6.42 Å². The molecule has 0 aliphatic rings. The summed E-state index contributed by atoms with van der Waals surface area (Å²) in [5, 5.41) is 3.39. The number of benzene rings is 2. The van der Waals surface area contributed by atoms with Crippen LogP contribution in [0.3, 0.4) is 0 Å². The van der Waals surface area contributed by atoms with Crippen LogP contribution in [-0.4, -0.2) is 15.8 Å². The van der Waals surface area contributed by atoms with Crippen LogP contribution in [0.25, 0.3) is 21.7 Å². The Balaban J connectivity index is 1.59. The van der Waals surface area contributed by atoms with Gasteiger partial charge < -0.3 is 0 Å². The molecule has 7 heteroatoms. The molecule has 0 unspecified atom stereocenters. The molecule has 4 aromatic rings. The molecule has 144 valence electrons. The number of thiazole rings is 1. The minimum Gasteiger partial charge on any atom is -0.294 e. The monoisotopic (exact) mass is 426 g/mol. The van der Waals surface area contributed by atoms with Crippen molar-refractivity contribution in [3.05, 3.63) is 94.2 Å².